The predicted octanol–water partition coefficient (Wildman–Crippen LogP) is 4.48. The monoisotopic (exact) mass is 371 g/mol. The maximum atomic E-state index is 13.4. The van der Waals surface area contributed by atoms with Crippen LogP contribution in [0, 0.1) is 12.8 Å². The Bertz CT molecular complexity index is 950. The molecule has 2 aromatic rings. The zero-order valence-electron chi connectivity index (χ0n) is 15.5. The van der Waals surface area contributed by atoms with E-state index in [1.165, 1.54) is 3.97 Å². The number of benzene rings is 1. The van der Waals surface area contributed by atoms with E-state index in [0.29, 0.717) is 30.7 Å². The summed E-state index contributed by atoms with van der Waals surface area (Å²) in [5, 5.41) is 0. The van der Waals surface area contributed by atoms with Crippen LogP contribution < -0.4 is 0 Å². The van der Waals surface area contributed by atoms with Crippen LogP contribution in [0.5, 0.6) is 0 Å². The SMILES string of the molecule is C=CCCc1cc2c(n1S(=O)(=O)c1ccc(C)cc1)C(=O)CC2C(C)C. The highest BCUT2D eigenvalue weighted by atomic mass is 32.2. The zero-order chi connectivity index (χ0) is 19.1. The normalized spacial score (nSPS) is 16.9. The topological polar surface area (TPSA) is 56.1 Å². The molecule has 0 amide bonds. The number of aryl methyl sites for hydroxylation is 2. The lowest BCUT2D eigenvalue weighted by molar-refractivity contribution is 0.0978. The smallest absolute Gasteiger partial charge is 0.268 e. The van der Waals surface area contributed by atoms with E-state index in [2.05, 4.69) is 20.4 Å². The van der Waals surface area contributed by atoms with E-state index in [1.54, 1.807) is 30.3 Å². The van der Waals surface area contributed by atoms with Crippen molar-refractivity contribution < 1.29 is 13.2 Å². The molecule has 0 saturated heterocycles. The molecular formula is C21H25NO3S. The first kappa shape index (κ1) is 18.6. The van der Waals surface area contributed by atoms with E-state index in [1.807, 2.05) is 13.0 Å². The number of carbonyl (C=O) groups excluding carboxylic acids is 1. The van der Waals surface area contributed by atoms with Crippen LogP contribution >= 0.6 is 0 Å². The molecule has 3 rings (SSSR count). The molecule has 1 heterocycles. The molecule has 0 aliphatic heterocycles. The molecule has 0 radical (unpaired) electrons. The fourth-order valence-electron chi connectivity index (χ4n) is 3.64. The van der Waals surface area contributed by atoms with Crippen molar-refractivity contribution in [2.45, 2.75) is 50.8 Å². The third-order valence-electron chi connectivity index (χ3n) is 5.10. The van der Waals surface area contributed by atoms with Gasteiger partial charge in [-0.1, -0.05) is 37.6 Å². The van der Waals surface area contributed by atoms with Crippen LogP contribution in [-0.4, -0.2) is 18.2 Å². The van der Waals surface area contributed by atoms with Crippen molar-refractivity contribution in [2.24, 2.45) is 5.92 Å². The van der Waals surface area contributed by atoms with E-state index < -0.39 is 10.0 Å². The van der Waals surface area contributed by atoms with Crippen LogP contribution in [0.25, 0.3) is 0 Å². The van der Waals surface area contributed by atoms with Crippen LogP contribution in [0.3, 0.4) is 0 Å². The van der Waals surface area contributed by atoms with Gasteiger partial charge in [-0.25, -0.2) is 12.4 Å². The van der Waals surface area contributed by atoms with E-state index in [4.69, 9.17) is 0 Å². The van der Waals surface area contributed by atoms with Crippen LogP contribution in [-0.2, 0) is 16.4 Å². The van der Waals surface area contributed by atoms with Gasteiger partial charge in [0.25, 0.3) is 10.0 Å². The van der Waals surface area contributed by atoms with Gasteiger partial charge in [-0.3, -0.25) is 4.79 Å². The Morgan fingerprint density at radius 3 is 2.50 bits per heavy atom. The molecule has 5 heteroatoms. The second kappa shape index (κ2) is 6.88. The van der Waals surface area contributed by atoms with Gasteiger partial charge in [0.05, 0.1) is 4.90 Å². The van der Waals surface area contributed by atoms with Gasteiger partial charge in [-0.2, -0.15) is 0 Å². The number of hydrogen-bond acceptors (Lipinski definition) is 3. The molecule has 1 aromatic carbocycles. The van der Waals surface area contributed by atoms with Gasteiger partial charge in [0.15, 0.2) is 5.78 Å². The maximum Gasteiger partial charge on any atom is 0.268 e. The summed E-state index contributed by atoms with van der Waals surface area (Å²) in [7, 11) is -3.82. The highest BCUT2D eigenvalue weighted by Crippen LogP contribution is 2.41. The number of carbonyl (C=O) groups is 1. The molecule has 1 aliphatic carbocycles. The Morgan fingerprint density at radius 1 is 1.27 bits per heavy atom. The van der Waals surface area contributed by atoms with Crippen LogP contribution in [0.4, 0.5) is 0 Å². The average Bonchev–Trinajstić information content (AvgIpc) is 3.11. The van der Waals surface area contributed by atoms with Crippen molar-refractivity contribution in [3.63, 3.8) is 0 Å². The third-order valence-corrected chi connectivity index (χ3v) is 6.86. The summed E-state index contributed by atoms with van der Waals surface area (Å²) in [6.07, 6.45) is 3.35. The lowest BCUT2D eigenvalue weighted by atomic mass is 9.91. The number of nitrogens with zero attached hydrogens (tertiary/aromatic N) is 1. The first-order valence-electron chi connectivity index (χ1n) is 8.98. The highest BCUT2D eigenvalue weighted by Gasteiger charge is 2.39. The molecule has 0 N–H and O–H groups in total. The molecule has 1 unspecified atom stereocenters. The quantitative estimate of drug-likeness (QED) is 0.704. The van der Waals surface area contributed by atoms with Gasteiger partial charge in [0.2, 0.25) is 0 Å². The molecule has 0 fully saturated rings. The van der Waals surface area contributed by atoms with Gasteiger partial charge >= 0.3 is 0 Å². The first-order valence-corrected chi connectivity index (χ1v) is 10.4. The minimum Gasteiger partial charge on any atom is -0.292 e. The Balaban J connectivity index is 2.22. The molecule has 0 spiro atoms. The molecule has 0 bridgehead atoms. The maximum absolute atomic E-state index is 13.4. The van der Waals surface area contributed by atoms with Crippen molar-refractivity contribution in [3.8, 4) is 0 Å². The molecule has 1 aliphatic rings. The van der Waals surface area contributed by atoms with Gasteiger partial charge in [-0.15, -0.1) is 6.58 Å². The molecule has 4 nitrogen and oxygen atoms in total. The second-order valence-corrected chi connectivity index (χ2v) is 9.11. The lowest BCUT2D eigenvalue weighted by Crippen LogP contribution is -2.20. The van der Waals surface area contributed by atoms with Crippen molar-refractivity contribution in [1.82, 2.24) is 3.97 Å². The highest BCUT2D eigenvalue weighted by molar-refractivity contribution is 7.90. The van der Waals surface area contributed by atoms with Crippen LogP contribution in [0.15, 0.2) is 47.9 Å². The predicted molar refractivity (Wildman–Crippen MR) is 103 cm³/mol. The number of ketones is 1. The number of fused-ring (bicyclic) bond motifs is 1. The van der Waals surface area contributed by atoms with Crippen LogP contribution in [0.1, 0.15) is 59.9 Å². The van der Waals surface area contributed by atoms with Gasteiger partial charge < -0.3 is 0 Å². The largest absolute Gasteiger partial charge is 0.292 e. The number of hydrogen-bond donors (Lipinski definition) is 0. The Labute approximate surface area is 155 Å². The summed E-state index contributed by atoms with van der Waals surface area (Å²) in [5.74, 6) is 0.277. The summed E-state index contributed by atoms with van der Waals surface area (Å²) >= 11 is 0. The van der Waals surface area contributed by atoms with Crippen LogP contribution in [0.2, 0.25) is 0 Å². The van der Waals surface area contributed by atoms with E-state index >= 15 is 0 Å². The molecular weight excluding hydrogens is 346 g/mol. The summed E-state index contributed by atoms with van der Waals surface area (Å²) < 4.78 is 28.0. The standard InChI is InChI=1S/C21H25NO3S/c1-5-6-7-16-12-19-18(14(2)3)13-20(23)21(19)22(16)26(24,25)17-10-8-15(4)9-11-17/h5,8-12,14,18H,1,6-7,13H2,2-4H3. The molecule has 0 saturated carbocycles. The molecule has 26 heavy (non-hydrogen) atoms. The molecule has 1 atom stereocenters. The summed E-state index contributed by atoms with van der Waals surface area (Å²) in [6, 6.07) is 8.68. The summed E-state index contributed by atoms with van der Waals surface area (Å²) in [5.41, 5.74) is 2.88. The Kier molecular flexibility index (Phi) is 4.93. The number of rotatable bonds is 6. The summed E-state index contributed by atoms with van der Waals surface area (Å²) in [6.45, 7) is 9.79. The number of Topliss-reactive ketones (excluding diaryl/α,β-unsaturated/α-hetero) is 1. The van der Waals surface area contributed by atoms with E-state index in [9.17, 15) is 13.2 Å². The lowest BCUT2D eigenvalue weighted by Gasteiger charge is -2.13. The van der Waals surface area contributed by atoms with E-state index in [-0.39, 0.29) is 22.5 Å². The fourth-order valence-corrected chi connectivity index (χ4v) is 5.23. The minimum atomic E-state index is -3.82. The van der Waals surface area contributed by atoms with E-state index in [0.717, 1.165) is 11.1 Å². The van der Waals surface area contributed by atoms with Crippen molar-refractivity contribution >= 4 is 15.8 Å². The number of aromatic nitrogens is 1. The van der Waals surface area contributed by atoms with Gasteiger partial charge in [-0.05, 0) is 55.4 Å². The van der Waals surface area contributed by atoms with Gasteiger partial charge in [0, 0.05) is 12.1 Å². The number of allylic oxidation sites excluding steroid dienone is 1. The Hall–Kier alpha value is -2.14. The van der Waals surface area contributed by atoms with Crippen molar-refractivity contribution in [1.29, 1.82) is 0 Å². The minimum absolute atomic E-state index is 0.0782. The fraction of sp³-hybridized carbons (Fsp3) is 0.381. The second-order valence-electron chi connectivity index (χ2n) is 7.33. The molecule has 138 valence electrons. The van der Waals surface area contributed by atoms with Gasteiger partial charge in [0.1, 0.15) is 5.69 Å². The average molecular weight is 372 g/mol. The first-order chi connectivity index (χ1) is 12.3. The summed E-state index contributed by atoms with van der Waals surface area (Å²) in [4.78, 5) is 12.9. The van der Waals surface area contributed by atoms with Crippen molar-refractivity contribution in [3.05, 3.63) is 65.5 Å². The van der Waals surface area contributed by atoms with Crippen molar-refractivity contribution in [2.75, 3.05) is 0 Å². The molecule has 1 aromatic heterocycles. The zero-order valence-corrected chi connectivity index (χ0v) is 16.3. The third kappa shape index (κ3) is 3.05. The Morgan fingerprint density at radius 2 is 1.92 bits per heavy atom.